The van der Waals surface area contributed by atoms with Gasteiger partial charge in [0.15, 0.2) is 9.84 Å². The van der Waals surface area contributed by atoms with Crippen LogP contribution in [0.4, 0.5) is 4.39 Å². The van der Waals surface area contributed by atoms with Crippen LogP contribution in [0.1, 0.15) is 11.5 Å². The van der Waals surface area contributed by atoms with Crippen molar-refractivity contribution in [2.24, 2.45) is 5.41 Å². The summed E-state index contributed by atoms with van der Waals surface area (Å²) >= 11 is 0. The second-order valence-electron chi connectivity index (χ2n) is 5.47. The average molecular weight is 329 g/mol. The third-order valence-corrected chi connectivity index (χ3v) is 6.46. The lowest BCUT2D eigenvalue weighted by Gasteiger charge is -2.03. The number of rotatable bonds is 4. The molecule has 1 fully saturated rings. The number of carbonyl (C=O) groups is 1. The quantitative estimate of drug-likeness (QED) is 0.808. The van der Waals surface area contributed by atoms with E-state index in [4.69, 9.17) is 0 Å². The first-order valence-corrected chi connectivity index (χ1v) is 8.44. The number of nitrogens with zero attached hydrogens (tertiary/aromatic N) is 1. The molecule has 0 bridgehead atoms. The third-order valence-electron chi connectivity index (χ3n) is 4.20. The van der Waals surface area contributed by atoms with Crippen molar-refractivity contribution in [3.8, 4) is 6.07 Å². The summed E-state index contributed by atoms with van der Waals surface area (Å²) in [5, 5.41) is 8.24. The Balaban J connectivity index is 2.09. The van der Waals surface area contributed by atoms with Crippen molar-refractivity contribution in [3.63, 3.8) is 0 Å². The van der Waals surface area contributed by atoms with Crippen LogP contribution >= 0.6 is 0 Å². The van der Waals surface area contributed by atoms with Crippen LogP contribution in [0, 0.1) is 22.6 Å². The standard InChI is InChI=1S/C17H12FNO3S/c18-13-8-6-12(7-9-13)15-16(17(15,10-19)11-20)23(21,22)14-4-2-1-3-5-14/h1-9,11,15-16H/t15-,16+,17+/m1/s1. The minimum atomic E-state index is -3.85. The van der Waals surface area contributed by atoms with Crippen molar-refractivity contribution in [1.29, 1.82) is 5.26 Å². The number of sulfone groups is 1. The maximum absolute atomic E-state index is 13.1. The average Bonchev–Trinajstić information content (AvgIpc) is 3.27. The lowest BCUT2D eigenvalue weighted by molar-refractivity contribution is -0.110. The van der Waals surface area contributed by atoms with Gasteiger partial charge in [-0.3, -0.25) is 0 Å². The van der Waals surface area contributed by atoms with E-state index in [9.17, 15) is 22.9 Å². The van der Waals surface area contributed by atoms with Crippen LogP contribution in [0.2, 0.25) is 0 Å². The van der Waals surface area contributed by atoms with Gasteiger partial charge in [0.05, 0.1) is 11.0 Å². The maximum Gasteiger partial charge on any atom is 0.183 e. The molecule has 0 amide bonds. The molecule has 1 aliphatic rings. The van der Waals surface area contributed by atoms with Crippen molar-refractivity contribution in [2.75, 3.05) is 0 Å². The Hall–Kier alpha value is -2.52. The molecule has 0 aromatic heterocycles. The van der Waals surface area contributed by atoms with Gasteiger partial charge in [0, 0.05) is 5.92 Å². The van der Waals surface area contributed by atoms with Crippen LogP contribution in [-0.2, 0) is 14.6 Å². The van der Waals surface area contributed by atoms with E-state index in [0.717, 1.165) is 0 Å². The Morgan fingerprint density at radius 2 is 1.70 bits per heavy atom. The van der Waals surface area contributed by atoms with Gasteiger partial charge in [-0.25, -0.2) is 12.8 Å². The van der Waals surface area contributed by atoms with Gasteiger partial charge in [0.2, 0.25) is 0 Å². The molecule has 1 aliphatic carbocycles. The van der Waals surface area contributed by atoms with Crippen LogP contribution in [0.3, 0.4) is 0 Å². The Morgan fingerprint density at radius 1 is 1.09 bits per heavy atom. The Kier molecular flexibility index (Phi) is 3.53. The summed E-state index contributed by atoms with van der Waals surface area (Å²) in [4.78, 5) is 11.6. The van der Waals surface area contributed by atoms with E-state index in [1.54, 1.807) is 18.2 Å². The van der Waals surface area contributed by atoms with Crippen LogP contribution in [0.25, 0.3) is 0 Å². The van der Waals surface area contributed by atoms with Crippen molar-refractivity contribution < 1.29 is 17.6 Å². The first-order valence-electron chi connectivity index (χ1n) is 6.89. The van der Waals surface area contributed by atoms with Gasteiger partial charge >= 0.3 is 0 Å². The highest BCUT2D eigenvalue weighted by Crippen LogP contribution is 2.62. The summed E-state index contributed by atoms with van der Waals surface area (Å²) in [6, 6.07) is 14.8. The number of aldehydes is 1. The summed E-state index contributed by atoms with van der Waals surface area (Å²) in [5.74, 6) is -1.26. The number of halogens is 1. The van der Waals surface area contributed by atoms with Gasteiger partial charge in [0.25, 0.3) is 0 Å². The summed E-state index contributed by atoms with van der Waals surface area (Å²) in [6.07, 6.45) is 0.395. The minimum absolute atomic E-state index is 0.0658. The second kappa shape index (κ2) is 5.28. The molecular formula is C17H12FNO3S. The fraction of sp³-hybridized carbons (Fsp3) is 0.176. The van der Waals surface area contributed by atoms with E-state index >= 15 is 0 Å². The number of nitriles is 1. The van der Waals surface area contributed by atoms with Crippen LogP contribution in [0.15, 0.2) is 59.5 Å². The van der Waals surface area contributed by atoms with Crippen LogP contribution < -0.4 is 0 Å². The molecule has 0 spiro atoms. The van der Waals surface area contributed by atoms with E-state index in [-0.39, 0.29) is 4.90 Å². The van der Waals surface area contributed by atoms with E-state index in [2.05, 4.69) is 0 Å². The highest BCUT2D eigenvalue weighted by Gasteiger charge is 2.72. The van der Waals surface area contributed by atoms with Gasteiger partial charge in [-0.1, -0.05) is 30.3 Å². The highest BCUT2D eigenvalue weighted by molar-refractivity contribution is 7.92. The van der Waals surface area contributed by atoms with Crippen molar-refractivity contribution in [2.45, 2.75) is 16.1 Å². The molecule has 3 rings (SSSR count). The van der Waals surface area contributed by atoms with E-state index in [0.29, 0.717) is 11.8 Å². The van der Waals surface area contributed by atoms with Gasteiger partial charge in [-0.2, -0.15) is 5.26 Å². The fourth-order valence-corrected chi connectivity index (χ4v) is 5.25. The van der Waals surface area contributed by atoms with E-state index < -0.39 is 32.2 Å². The predicted molar refractivity (Wildman–Crippen MR) is 80.7 cm³/mol. The van der Waals surface area contributed by atoms with Gasteiger partial charge < -0.3 is 4.79 Å². The molecule has 6 heteroatoms. The SMILES string of the molecule is N#C[C@]1(C=O)[C@H](c2ccc(F)cc2)[C@@H]1S(=O)(=O)c1ccccc1. The molecule has 0 aliphatic heterocycles. The predicted octanol–water partition coefficient (Wildman–Crippen LogP) is 2.47. The Labute approximate surface area is 133 Å². The number of benzene rings is 2. The lowest BCUT2D eigenvalue weighted by atomic mass is 10.0. The summed E-state index contributed by atoms with van der Waals surface area (Å²) < 4.78 is 38.7. The molecule has 0 N–H and O–H groups in total. The molecule has 2 aromatic rings. The summed E-state index contributed by atoms with van der Waals surface area (Å²) in [5.41, 5.74) is -1.17. The molecule has 1 saturated carbocycles. The third kappa shape index (κ3) is 2.25. The van der Waals surface area contributed by atoms with Crippen molar-refractivity contribution in [1.82, 2.24) is 0 Å². The maximum atomic E-state index is 13.1. The Morgan fingerprint density at radius 3 is 2.22 bits per heavy atom. The molecular weight excluding hydrogens is 317 g/mol. The van der Waals surface area contributed by atoms with Gasteiger partial charge in [-0.05, 0) is 29.8 Å². The molecule has 0 saturated heterocycles. The molecule has 3 atom stereocenters. The zero-order valence-corrected chi connectivity index (χ0v) is 12.7. The molecule has 0 radical (unpaired) electrons. The molecule has 0 heterocycles. The number of carbonyl (C=O) groups excluding carboxylic acids is 1. The summed E-state index contributed by atoms with van der Waals surface area (Å²) in [7, 11) is -3.85. The highest BCUT2D eigenvalue weighted by atomic mass is 32.2. The number of hydrogen-bond acceptors (Lipinski definition) is 4. The fourth-order valence-electron chi connectivity index (χ4n) is 2.99. The second-order valence-corrected chi connectivity index (χ2v) is 7.54. The van der Waals surface area contributed by atoms with Gasteiger partial charge in [0.1, 0.15) is 22.8 Å². The van der Waals surface area contributed by atoms with Crippen molar-refractivity contribution in [3.05, 3.63) is 66.0 Å². The zero-order valence-electron chi connectivity index (χ0n) is 11.9. The normalized spacial score (nSPS) is 26.3. The lowest BCUT2D eigenvalue weighted by Crippen LogP contribution is -2.16. The molecule has 116 valence electrons. The van der Waals surface area contributed by atoms with Crippen molar-refractivity contribution >= 4 is 16.1 Å². The molecule has 0 unspecified atom stereocenters. The monoisotopic (exact) mass is 329 g/mol. The number of hydrogen-bond donors (Lipinski definition) is 0. The first kappa shape index (κ1) is 15.4. The minimum Gasteiger partial charge on any atom is -0.302 e. The zero-order chi connectivity index (χ0) is 16.7. The van der Waals surface area contributed by atoms with Gasteiger partial charge in [-0.15, -0.1) is 0 Å². The molecule has 2 aromatic carbocycles. The molecule has 23 heavy (non-hydrogen) atoms. The van der Waals surface area contributed by atoms with E-state index in [1.807, 2.05) is 6.07 Å². The largest absolute Gasteiger partial charge is 0.302 e. The van der Waals surface area contributed by atoms with Crippen LogP contribution in [0.5, 0.6) is 0 Å². The smallest absolute Gasteiger partial charge is 0.183 e. The first-order chi connectivity index (χ1) is 11.0. The van der Waals surface area contributed by atoms with E-state index in [1.165, 1.54) is 36.4 Å². The topological polar surface area (TPSA) is 75.0 Å². The van der Waals surface area contributed by atoms with Crippen LogP contribution in [-0.4, -0.2) is 20.0 Å². The molecule has 4 nitrogen and oxygen atoms in total. The Bertz CT molecular complexity index is 888. The summed E-state index contributed by atoms with van der Waals surface area (Å²) in [6.45, 7) is 0.